The fraction of sp³-hybridized carbons (Fsp3) is 0.500. The van der Waals surface area contributed by atoms with Gasteiger partial charge in [-0.25, -0.2) is 4.79 Å². The first kappa shape index (κ1) is 15.8. The molecule has 1 aliphatic rings. The summed E-state index contributed by atoms with van der Waals surface area (Å²) >= 11 is 0. The number of nitrogens with one attached hydrogen (secondary N) is 1. The van der Waals surface area contributed by atoms with Crippen LogP contribution in [-0.4, -0.2) is 29.8 Å². The SMILES string of the molecule is O=C(O)C1CCC(CNCc2cccc(C(F)(F)F)c2)O1. The lowest BCUT2D eigenvalue weighted by Crippen LogP contribution is -2.28. The second-order valence-corrected chi connectivity index (χ2v) is 4.99. The summed E-state index contributed by atoms with van der Waals surface area (Å²) in [6, 6.07) is 5.10. The van der Waals surface area contributed by atoms with Crippen molar-refractivity contribution in [1.29, 1.82) is 0 Å². The van der Waals surface area contributed by atoms with Crippen LogP contribution in [0, 0.1) is 0 Å². The van der Waals surface area contributed by atoms with Crippen molar-refractivity contribution in [2.24, 2.45) is 0 Å². The van der Waals surface area contributed by atoms with E-state index in [-0.39, 0.29) is 12.6 Å². The first-order chi connectivity index (χ1) is 9.86. The van der Waals surface area contributed by atoms with E-state index in [9.17, 15) is 18.0 Å². The molecule has 4 nitrogen and oxygen atoms in total. The van der Waals surface area contributed by atoms with Crippen molar-refractivity contribution < 1.29 is 27.8 Å². The maximum Gasteiger partial charge on any atom is 0.416 e. The number of hydrogen-bond acceptors (Lipinski definition) is 3. The summed E-state index contributed by atoms with van der Waals surface area (Å²) in [7, 11) is 0. The van der Waals surface area contributed by atoms with Crippen LogP contribution in [0.4, 0.5) is 13.2 Å². The van der Waals surface area contributed by atoms with Gasteiger partial charge in [0.05, 0.1) is 11.7 Å². The molecule has 1 heterocycles. The van der Waals surface area contributed by atoms with E-state index >= 15 is 0 Å². The molecule has 1 saturated heterocycles. The molecule has 1 aromatic rings. The summed E-state index contributed by atoms with van der Waals surface area (Å²) in [5, 5.41) is 11.8. The molecule has 0 spiro atoms. The number of aliphatic carboxylic acids is 1. The molecule has 0 radical (unpaired) electrons. The molecule has 0 bridgehead atoms. The van der Waals surface area contributed by atoms with Crippen LogP contribution < -0.4 is 5.32 Å². The fourth-order valence-electron chi connectivity index (χ4n) is 2.27. The first-order valence-electron chi connectivity index (χ1n) is 6.61. The van der Waals surface area contributed by atoms with Gasteiger partial charge in [-0.3, -0.25) is 0 Å². The summed E-state index contributed by atoms with van der Waals surface area (Å²) in [6.07, 6.45) is -4.24. The van der Waals surface area contributed by atoms with Gasteiger partial charge in [-0.15, -0.1) is 0 Å². The molecule has 1 aromatic carbocycles. The van der Waals surface area contributed by atoms with Gasteiger partial charge in [0, 0.05) is 13.1 Å². The Hall–Kier alpha value is -1.60. The molecular formula is C14H16F3NO3. The molecule has 0 saturated carbocycles. The van der Waals surface area contributed by atoms with Crippen LogP contribution in [0.5, 0.6) is 0 Å². The number of hydrogen-bond donors (Lipinski definition) is 2. The van der Waals surface area contributed by atoms with Crippen LogP contribution in [0.1, 0.15) is 24.0 Å². The third-order valence-electron chi connectivity index (χ3n) is 3.34. The molecule has 0 amide bonds. The summed E-state index contributed by atoms with van der Waals surface area (Å²) in [6.45, 7) is 0.696. The van der Waals surface area contributed by atoms with E-state index in [0.717, 1.165) is 12.1 Å². The molecule has 21 heavy (non-hydrogen) atoms. The van der Waals surface area contributed by atoms with Gasteiger partial charge < -0.3 is 15.2 Å². The zero-order valence-corrected chi connectivity index (χ0v) is 11.2. The van der Waals surface area contributed by atoms with Gasteiger partial charge in [0.2, 0.25) is 0 Å². The van der Waals surface area contributed by atoms with Crippen LogP contribution in [0.15, 0.2) is 24.3 Å². The number of carboxylic acid groups (broad SMARTS) is 1. The summed E-state index contributed by atoms with van der Waals surface area (Å²) in [4.78, 5) is 10.7. The van der Waals surface area contributed by atoms with Crippen molar-refractivity contribution in [2.75, 3.05) is 6.54 Å². The van der Waals surface area contributed by atoms with Gasteiger partial charge in [0.25, 0.3) is 0 Å². The molecule has 0 aliphatic carbocycles. The smallest absolute Gasteiger partial charge is 0.416 e. The second kappa shape index (κ2) is 6.44. The van der Waals surface area contributed by atoms with Crippen LogP contribution in [0.3, 0.4) is 0 Å². The summed E-state index contributed by atoms with van der Waals surface area (Å²) in [5.41, 5.74) is -0.150. The predicted molar refractivity (Wildman–Crippen MR) is 68.7 cm³/mol. The lowest BCUT2D eigenvalue weighted by atomic mass is 10.1. The van der Waals surface area contributed by atoms with Gasteiger partial charge in [-0.05, 0) is 24.5 Å². The van der Waals surface area contributed by atoms with E-state index in [0.29, 0.717) is 24.9 Å². The Labute approximate surface area is 119 Å². The third kappa shape index (κ3) is 4.44. The molecule has 7 heteroatoms. The summed E-state index contributed by atoms with van der Waals surface area (Å²) < 4.78 is 43.0. The monoisotopic (exact) mass is 303 g/mol. The van der Waals surface area contributed by atoms with Gasteiger partial charge in [0.1, 0.15) is 0 Å². The van der Waals surface area contributed by atoms with Crippen LogP contribution in [-0.2, 0) is 22.3 Å². The minimum Gasteiger partial charge on any atom is -0.479 e. The number of ether oxygens (including phenoxy) is 1. The molecule has 2 unspecified atom stereocenters. The molecule has 116 valence electrons. The molecule has 0 aromatic heterocycles. The number of halogens is 3. The minimum atomic E-state index is -4.35. The fourth-order valence-corrected chi connectivity index (χ4v) is 2.27. The zero-order valence-electron chi connectivity index (χ0n) is 11.2. The number of carboxylic acids is 1. The van der Waals surface area contributed by atoms with E-state index in [4.69, 9.17) is 9.84 Å². The van der Waals surface area contributed by atoms with Crippen molar-refractivity contribution in [3.05, 3.63) is 35.4 Å². The van der Waals surface area contributed by atoms with Crippen molar-refractivity contribution in [3.63, 3.8) is 0 Å². The normalized spacial score (nSPS) is 22.4. The highest BCUT2D eigenvalue weighted by Crippen LogP contribution is 2.29. The van der Waals surface area contributed by atoms with E-state index in [1.54, 1.807) is 6.07 Å². The molecule has 2 N–H and O–H groups in total. The number of carbonyl (C=O) groups is 1. The number of benzene rings is 1. The molecule has 2 atom stereocenters. The van der Waals surface area contributed by atoms with Gasteiger partial charge >= 0.3 is 12.1 Å². The van der Waals surface area contributed by atoms with Gasteiger partial charge in [0.15, 0.2) is 6.10 Å². The van der Waals surface area contributed by atoms with Crippen molar-refractivity contribution in [1.82, 2.24) is 5.32 Å². The second-order valence-electron chi connectivity index (χ2n) is 4.99. The average molecular weight is 303 g/mol. The molecular weight excluding hydrogens is 287 g/mol. The van der Waals surface area contributed by atoms with Crippen molar-refractivity contribution >= 4 is 5.97 Å². The van der Waals surface area contributed by atoms with E-state index in [2.05, 4.69) is 5.32 Å². The van der Waals surface area contributed by atoms with Crippen LogP contribution >= 0.6 is 0 Å². The Bertz CT molecular complexity index is 504. The highest BCUT2D eigenvalue weighted by atomic mass is 19.4. The standard InChI is InChI=1S/C14H16F3NO3/c15-14(16,17)10-3-1-2-9(6-10)7-18-8-11-4-5-12(21-11)13(19)20/h1-3,6,11-12,18H,4-5,7-8H2,(H,19,20). The largest absolute Gasteiger partial charge is 0.479 e. The highest BCUT2D eigenvalue weighted by Gasteiger charge is 2.31. The maximum absolute atomic E-state index is 12.6. The Kier molecular flexibility index (Phi) is 4.84. The third-order valence-corrected chi connectivity index (χ3v) is 3.34. The van der Waals surface area contributed by atoms with E-state index in [1.165, 1.54) is 6.07 Å². The molecule has 2 rings (SSSR count). The number of rotatable bonds is 5. The lowest BCUT2D eigenvalue weighted by molar-refractivity contribution is -0.149. The Morgan fingerprint density at radius 2 is 2.14 bits per heavy atom. The lowest BCUT2D eigenvalue weighted by Gasteiger charge is -2.13. The maximum atomic E-state index is 12.6. The summed E-state index contributed by atoms with van der Waals surface area (Å²) in [5.74, 6) is -0.977. The van der Waals surface area contributed by atoms with Crippen molar-refractivity contribution in [3.8, 4) is 0 Å². The van der Waals surface area contributed by atoms with Gasteiger partial charge in [-0.2, -0.15) is 13.2 Å². The Balaban J connectivity index is 1.80. The van der Waals surface area contributed by atoms with Crippen LogP contribution in [0.25, 0.3) is 0 Å². The average Bonchev–Trinajstić information content (AvgIpc) is 2.87. The van der Waals surface area contributed by atoms with E-state index < -0.39 is 23.8 Å². The topological polar surface area (TPSA) is 58.6 Å². The highest BCUT2D eigenvalue weighted by molar-refractivity contribution is 5.72. The number of alkyl halides is 3. The van der Waals surface area contributed by atoms with Gasteiger partial charge in [-0.1, -0.05) is 18.2 Å². The molecule has 1 aliphatic heterocycles. The quantitative estimate of drug-likeness (QED) is 0.877. The minimum absolute atomic E-state index is 0.211. The first-order valence-corrected chi connectivity index (χ1v) is 6.61. The van der Waals surface area contributed by atoms with Crippen molar-refractivity contribution in [2.45, 2.75) is 37.8 Å². The van der Waals surface area contributed by atoms with Crippen LogP contribution in [0.2, 0.25) is 0 Å². The van der Waals surface area contributed by atoms with E-state index in [1.807, 2.05) is 0 Å². The Morgan fingerprint density at radius 3 is 2.76 bits per heavy atom. The Morgan fingerprint density at radius 1 is 1.38 bits per heavy atom. The molecule has 1 fully saturated rings. The predicted octanol–water partition coefficient (Wildman–Crippen LogP) is 2.43. The zero-order chi connectivity index (χ0) is 15.5.